The third kappa shape index (κ3) is 6.22. The zero-order chi connectivity index (χ0) is 24.5. The number of imidazole rings is 1. The lowest BCUT2D eigenvalue weighted by Crippen LogP contribution is -2.17. The summed E-state index contributed by atoms with van der Waals surface area (Å²) in [6, 6.07) is 20.6. The van der Waals surface area contributed by atoms with Gasteiger partial charge in [-0.25, -0.2) is 4.98 Å². The quantitative estimate of drug-likeness (QED) is 0.271. The molecule has 182 valence electrons. The van der Waals surface area contributed by atoms with E-state index in [1.54, 1.807) is 20.4 Å². The van der Waals surface area contributed by atoms with Gasteiger partial charge >= 0.3 is 0 Å². The number of methoxy groups -OCH3 is 2. The zero-order valence-corrected chi connectivity index (χ0v) is 20.7. The molecule has 0 aliphatic heterocycles. The number of nitrogens with one attached hydrogen (secondary N) is 1. The van der Waals surface area contributed by atoms with E-state index in [0.29, 0.717) is 18.9 Å². The Morgan fingerprint density at radius 2 is 1.71 bits per heavy atom. The SMILES string of the molecule is COc1cc(OCc2cccc(-c3ccccc3)c2C)cc(OC)c1CNCCCn1ccnc1. The van der Waals surface area contributed by atoms with Gasteiger partial charge in [-0.2, -0.15) is 0 Å². The van der Waals surface area contributed by atoms with Gasteiger partial charge in [0.25, 0.3) is 0 Å². The van der Waals surface area contributed by atoms with E-state index >= 15 is 0 Å². The van der Waals surface area contributed by atoms with Crippen molar-refractivity contribution in [3.63, 3.8) is 0 Å². The van der Waals surface area contributed by atoms with Gasteiger partial charge in [0.15, 0.2) is 0 Å². The number of benzene rings is 3. The number of ether oxygens (including phenoxy) is 3. The largest absolute Gasteiger partial charge is 0.496 e. The predicted molar refractivity (Wildman–Crippen MR) is 139 cm³/mol. The maximum atomic E-state index is 6.20. The van der Waals surface area contributed by atoms with Gasteiger partial charge in [-0.05, 0) is 42.1 Å². The van der Waals surface area contributed by atoms with Crippen LogP contribution in [0.1, 0.15) is 23.1 Å². The first-order chi connectivity index (χ1) is 17.2. The summed E-state index contributed by atoms with van der Waals surface area (Å²) in [7, 11) is 3.35. The molecular weight excluding hydrogens is 438 g/mol. The number of hydrogen-bond acceptors (Lipinski definition) is 5. The first-order valence-electron chi connectivity index (χ1n) is 11.9. The minimum atomic E-state index is 0.463. The average Bonchev–Trinajstić information content (AvgIpc) is 3.42. The summed E-state index contributed by atoms with van der Waals surface area (Å²) >= 11 is 0. The molecule has 0 fully saturated rings. The Morgan fingerprint density at radius 3 is 2.40 bits per heavy atom. The van der Waals surface area contributed by atoms with Crippen LogP contribution in [0.2, 0.25) is 0 Å². The van der Waals surface area contributed by atoms with Crippen LogP contribution < -0.4 is 19.5 Å². The summed E-state index contributed by atoms with van der Waals surface area (Å²) < 4.78 is 19.6. The van der Waals surface area contributed by atoms with Gasteiger partial charge in [-0.1, -0.05) is 48.5 Å². The third-order valence-electron chi connectivity index (χ3n) is 6.14. The number of aryl methyl sites for hydroxylation is 1. The molecule has 0 saturated carbocycles. The van der Waals surface area contributed by atoms with E-state index in [4.69, 9.17) is 14.2 Å². The van der Waals surface area contributed by atoms with Crippen molar-refractivity contribution in [3.8, 4) is 28.4 Å². The van der Waals surface area contributed by atoms with Gasteiger partial charge in [0.1, 0.15) is 23.9 Å². The van der Waals surface area contributed by atoms with Crippen molar-refractivity contribution in [2.24, 2.45) is 0 Å². The number of aromatic nitrogens is 2. The Morgan fingerprint density at radius 1 is 0.943 bits per heavy atom. The standard InChI is InChI=1S/C29H33N3O3/c1-22-24(11-7-12-26(22)23-9-5-4-6-10-23)20-35-25-17-28(33-2)27(29(18-25)34-3)19-30-13-8-15-32-16-14-31-21-32/h4-7,9-12,14,16-18,21,30H,8,13,15,19-20H2,1-3H3. The Balaban J connectivity index is 1.41. The van der Waals surface area contributed by atoms with Crippen molar-refractivity contribution < 1.29 is 14.2 Å². The molecule has 4 rings (SSSR count). The lowest BCUT2D eigenvalue weighted by molar-refractivity contribution is 0.298. The highest BCUT2D eigenvalue weighted by Crippen LogP contribution is 2.35. The lowest BCUT2D eigenvalue weighted by atomic mass is 9.97. The van der Waals surface area contributed by atoms with Crippen molar-refractivity contribution in [1.82, 2.24) is 14.9 Å². The Kier molecular flexibility index (Phi) is 8.41. The van der Waals surface area contributed by atoms with Gasteiger partial charge in [0.05, 0.1) is 26.1 Å². The highest BCUT2D eigenvalue weighted by atomic mass is 16.5. The van der Waals surface area contributed by atoms with Crippen LogP contribution in [0.3, 0.4) is 0 Å². The van der Waals surface area contributed by atoms with Crippen molar-refractivity contribution >= 4 is 0 Å². The van der Waals surface area contributed by atoms with E-state index < -0.39 is 0 Å². The van der Waals surface area contributed by atoms with Crippen LogP contribution in [0.25, 0.3) is 11.1 Å². The molecule has 1 aromatic heterocycles. The molecule has 35 heavy (non-hydrogen) atoms. The fourth-order valence-corrected chi connectivity index (χ4v) is 4.17. The second-order valence-corrected chi connectivity index (χ2v) is 8.38. The van der Waals surface area contributed by atoms with Crippen molar-refractivity contribution in [1.29, 1.82) is 0 Å². The van der Waals surface area contributed by atoms with Crippen LogP contribution in [0.4, 0.5) is 0 Å². The molecule has 0 atom stereocenters. The molecule has 0 aliphatic rings. The van der Waals surface area contributed by atoms with Crippen molar-refractivity contribution in [3.05, 3.63) is 96.1 Å². The van der Waals surface area contributed by atoms with Crippen molar-refractivity contribution in [2.75, 3.05) is 20.8 Å². The monoisotopic (exact) mass is 471 g/mol. The maximum absolute atomic E-state index is 6.20. The smallest absolute Gasteiger partial charge is 0.130 e. The molecule has 6 heteroatoms. The summed E-state index contributed by atoms with van der Waals surface area (Å²) in [5.41, 5.74) is 5.77. The number of rotatable bonds is 12. The highest BCUT2D eigenvalue weighted by Gasteiger charge is 2.14. The minimum absolute atomic E-state index is 0.463. The highest BCUT2D eigenvalue weighted by molar-refractivity contribution is 5.68. The molecule has 0 bridgehead atoms. The average molecular weight is 472 g/mol. The Labute approximate surface area is 207 Å². The Bertz CT molecular complexity index is 1180. The first-order valence-corrected chi connectivity index (χ1v) is 11.9. The lowest BCUT2D eigenvalue weighted by Gasteiger charge is -2.17. The van der Waals surface area contributed by atoms with Gasteiger partial charge < -0.3 is 24.1 Å². The van der Waals surface area contributed by atoms with Crippen LogP contribution in [-0.4, -0.2) is 30.3 Å². The molecule has 0 saturated heterocycles. The minimum Gasteiger partial charge on any atom is -0.496 e. The van der Waals surface area contributed by atoms with Crippen LogP contribution in [0.5, 0.6) is 17.2 Å². The molecule has 0 radical (unpaired) electrons. The van der Waals surface area contributed by atoms with Crippen LogP contribution in [0.15, 0.2) is 79.4 Å². The van der Waals surface area contributed by atoms with Gasteiger partial charge in [0, 0.05) is 37.6 Å². The van der Waals surface area contributed by atoms with Crippen LogP contribution in [-0.2, 0) is 19.7 Å². The molecule has 3 aromatic carbocycles. The summed E-state index contributed by atoms with van der Waals surface area (Å²) in [6.07, 6.45) is 6.62. The van der Waals surface area contributed by atoms with E-state index in [1.165, 1.54) is 16.7 Å². The van der Waals surface area contributed by atoms with Gasteiger partial charge in [-0.15, -0.1) is 0 Å². The zero-order valence-electron chi connectivity index (χ0n) is 20.7. The summed E-state index contributed by atoms with van der Waals surface area (Å²) in [5, 5.41) is 3.49. The normalized spacial score (nSPS) is 10.8. The van der Waals surface area contributed by atoms with E-state index in [0.717, 1.165) is 42.1 Å². The fourth-order valence-electron chi connectivity index (χ4n) is 4.17. The molecule has 0 unspecified atom stereocenters. The number of hydrogen-bond donors (Lipinski definition) is 1. The van der Waals surface area contributed by atoms with Gasteiger partial charge in [0.2, 0.25) is 0 Å². The Hall–Kier alpha value is -3.77. The number of nitrogens with zero attached hydrogens (tertiary/aromatic N) is 2. The third-order valence-corrected chi connectivity index (χ3v) is 6.14. The second-order valence-electron chi connectivity index (χ2n) is 8.38. The maximum Gasteiger partial charge on any atom is 0.130 e. The second kappa shape index (κ2) is 12.1. The van der Waals surface area contributed by atoms with E-state index in [9.17, 15) is 0 Å². The molecule has 0 spiro atoms. The molecule has 6 nitrogen and oxygen atoms in total. The molecular formula is C29H33N3O3. The van der Waals surface area contributed by atoms with Gasteiger partial charge in [-0.3, -0.25) is 0 Å². The summed E-state index contributed by atoms with van der Waals surface area (Å²) in [5.74, 6) is 2.21. The molecule has 4 aromatic rings. The van der Waals surface area contributed by atoms with E-state index in [-0.39, 0.29) is 0 Å². The predicted octanol–water partition coefficient (Wildman–Crippen LogP) is 5.63. The van der Waals surface area contributed by atoms with E-state index in [2.05, 4.69) is 64.3 Å². The molecule has 0 amide bonds. The summed E-state index contributed by atoms with van der Waals surface area (Å²) in [6.45, 7) is 5.06. The summed E-state index contributed by atoms with van der Waals surface area (Å²) in [4.78, 5) is 4.08. The van der Waals surface area contributed by atoms with Crippen LogP contribution >= 0.6 is 0 Å². The topological polar surface area (TPSA) is 57.5 Å². The first kappa shape index (κ1) is 24.4. The van der Waals surface area contributed by atoms with Crippen LogP contribution in [0, 0.1) is 6.92 Å². The molecule has 1 heterocycles. The van der Waals surface area contributed by atoms with Crippen molar-refractivity contribution in [2.45, 2.75) is 33.0 Å². The van der Waals surface area contributed by atoms with E-state index in [1.807, 2.05) is 30.7 Å². The molecule has 0 aliphatic carbocycles. The fraction of sp³-hybridized carbons (Fsp3) is 0.276. The molecule has 1 N–H and O–H groups in total.